The van der Waals surface area contributed by atoms with Crippen molar-refractivity contribution in [3.05, 3.63) is 35.9 Å². The van der Waals surface area contributed by atoms with Gasteiger partial charge in [-0.1, -0.05) is 6.07 Å². The quantitative estimate of drug-likeness (QED) is 0.851. The summed E-state index contributed by atoms with van der Waals surface area (Å²) < 4.78 is 1.82. The monoisotopic (exact) mass is 228 g/mol. The van der Waals surface area contributed by atoms with Crippen molar-refractivity contribution in [2.24, 2.45) is 12.8 Å². The average molecular weight is 228 g/mol. The van der Waals surface area contributed by atoms with Crippen LogP contribution >= 0.6 is 0 Å². The van der Waals surface area contributed by atoms with Crippen LogP contribution in [0.1, 0.15) is 24.2 Å². The van der Waals surface area contributed by atoms with Gasteiger partial charge in [-0.05, 0) is 25.8 Å². The Labute approximate surface area is 100 Å². The molecule has 2 aromatic rings. The summed E-state index contributed by atoms with van der Waals surface area (Å²) in [7, 11) is 1.93. The van der Waals surface area contributed by atoms with Gasteiger partial charge in [-0.15, -0.1) is 0 Å². The molecule has 0 atom stereocenters. The Balaban J connectivity index is 1.97. The van der Waals surface area contributed by atoms with E-state index in [1.54, 1.807) is 0 Å². The van der Waals surface area contributed by atoms with Crippen molar-refractivity contribution in [2.75, 3.05) is 0 Å². The van der Waals surface area contributed by atoms with Gasteiger partial charge in [0.1, 0.15) is 0 Å². The van der Waals surface area contributed by atoms with Gasteiger partial charge in [0, 0.05) is 30.6 Å². The van der Waals surface area contributed by atoms with Crippen LogP contribution in [0.15, 0.2) is 24.5 Å². The standard InChI is InChI=1S/C13H16N4/c1-9-11(8-17(2)16-9)10-3-4-12(15-7-10)13(14)5-6-13/h3-4,7-8H,5-6,14H2,1-2H3. The zero-order valence-corrected chi connectivity index (χ0v) is 10.1. The number of hydrogen-bond donors (Lipinski definition) is 1. The molecule has 0 aliphatic heterocycles. The zero-order chi connectivity index (χ0) is 12.0. The van der Waals surface area contributed by atoms with Crippen LogP contribution in [-0.4, -0.2) is 14.8 Å². The molecule has 1 saturated carbocycles. The molecule has 0 radical (unpaired) electrons. The van der Waals surface area contributed by atoms with E-state index in [1.165, 1.54) is 0 Å². The van der Waals surface area contributed by atoms with E-state index >= 15 is 0 Å². The molecule has 2 N–H and O–H groups in total. The van der Waals surface area contributed by atoms with Crippen LogP contribution in [-0.2, 0) is 12.6 Å². The molecule has 2 heterocycles. The van der Waals surface area contributed by atoms with Gasteiger partial charge in [0.2, 0.25) is 0 Å². The molecule has 17 heavy (non-hydrogen) atoms. The van der Waals surface area contributed by atoms with E-state index in [-0.39, 0.29) is 5.54 Å². The Morgan fingerprint density at radius 1 is 1.35 bits per heavy atom. The van der Waals surface area contributed by atoms with E-state index in [0.717, 1.165) is 35.4 Å². The fourth-order valence-electron chi connectivity index (χ4n) is 2.12. The normalized spacial score (nSPS) is 17.1. The highest BCUT2D eigenvalue weighted by Crippen LogP contribution is 2.41. The molecule has 2 aromatic heterocycles. The Bertz CT molecular complexity index is 549. The first kappa shape index (κ1) is 10.5. The molecule has 0 unspecified atom stereocenters. The highest BCUT2D eigenvalue weighted by molar-refractivity contribution is 5.64. The summed E-state index contributed by atoms with van der Waals surface area (Å²) in [5.41, 5.74) is 10.2. The molecule has 1 aliphatic rings. The molecule has 1 fully saturated rings. The van der Waals surface area contributed by atoms with Crippen molar-refractivity contribution in [3.63, 3.8) is 0 Å². The van der Waals surface area contributed by atoms with Gasteiger partial charge < -0.3 is 5.73 Å². The van der Waals surface area contributed by atoms with Gasteiger partial charge in [0.25, 0.3) is 0 Å². The number of aryl methyl sites for hydroxylation is 2. The molecule has 4 nitrogen and oxygen atoms in total. The molecular formula is C13H16N4. The van der Waals surface area contributed by atoms with E-state index in [0.29, 0.717) is 0 Å². The van der Waals surface area contributed by atoms with Crippen molar-refractivity contribution in [1.29, 1.82) is 0 Å². The summed E-state index contributed by atoms with van der Waals surface area (Å²) in [6, 6.07) is 4.12. The second-order valence-corrected chi connectivity index (χ2v) is 4.89. The van der Waals surface area contributed by atoms with E-state index in [1.807, 2.05) is 37.1 Å². The largest absolute Gasteiger partial charge is 0.320 e. The fourth-order valence-corrected chi connectivity index (χ4v) is 2.12. The van der Waals surface area contributed by atoms with E-state index in [4.69, 9.17) is 5.73 Å². The number of rotatable bonds is 2. The molecule has 4 heteroatoms. The Kier molecular flexibility index (Phi) is 2.10. The van der Waals surface area contributed by atoms with Crippen LogP contribution in [0, 0.1) is 6.92 Å². The smallest absolute Gasteiger partial charge is 0.0672 e. The van der Waals surface area contributed by atoms with E-state index in [9.17, 15) is 0 Å². The summed E-state index contributed by atoms with van der Waals surface area (Å²) in [6.45, 7) is 2.01. The molecule has 3 rings (SSSR count). The van der Waals surface area contributed by atoms with Crippen LogP contribution in [0.4, 0.5) is 0 Å². The molecular weight excluding hydrogens is 212 g/mol. The molecule has 1 aliphatic carbocycles. The number of pyridine rings is 1. The minimum atomic E-state index is -0.150. The third-order valence-electron chi connectivity index (χ3n) is 3.39. The van der Waals surface area contributed by atoms with Gasteiger partial charge in [-0.3, -0.25) is 9.67 Å². The predicted molar refractivity (Wildman–Crippen MR) is 66.3 cm³/mol. The van der Waals surface area contributed by atoms with Gasteiger partial charge in [0.15, 0.2) is 0 Å². The molecule has 0 aromatic carbocycles. The first-order chi connectivity index (χ1) is 8.08. The van der Waals surface area contributed by atoms with Gasteiger partial charge >= 0.3 is 0 Å². The first-order valence-corrected chi connectivity index (χ1v) is 5.84. The first-order valence-electron chi connectivity index (χ1n) is 5.84. The maximum atomic E-state index is 6.11. The Morgan fingerprint density at radius 2 is 2.12 bits per heavy atom. The summed E-state index contributed by atoms with van der Waals surface area (Å²) in [4.78, 5) is 4.48. The lowest BCUT2D eigenvalue weighted by molar-refractivity contribution is 0.708. The van der Waals surface area contributed by atoms with Crippen LogP contribution < -0.4 is 5.73 Å². The van der Waals surface area contributed by atoms with Crippen molar-refractivity contribution < 1.29 is 0 Å². The summed E-state index contributed by atoms with van der Waals surface area (Å²) in [6.07, 6.45) is 6.00. The summed E-state index contributed by atoms with van der Waals surface area (Å²) >= 11 is 0. The minimum Gasteiger partial charge on any atom is -0.320 e. The Hall–Kier alpha value is -1.68. The molecule has 0 bridgehead atoms. The van der Waals surface area contributed by atoms with Crippen LogP contribution in [0.2, 0.25) is 0 Å². The topological polar surface area (TPSA) is 56.7 Å². The third-order valence-corrected chi connectivity index (χ3v) is 3.39. The van der Waals surface area contributed by atoms with Gasteiger partial charge in [-0.2, -0.15) is 5.10 Å². The molecule has 0 saturated heterocycles. The third kappa shape index (κ3) is 1.74. The molecule has 0 spiro atoms. The average Bonchev–Trinajstić information content (AvgIpc) is 2.97. The minimum absolute atomic E-state index is 0.150. The van der Waals surface area contributed by atoms with Gasteiger partial charge in [-0.25, -0.2) is 0 Å². The summed E-state index contributed by atoms with van der Waals surface area (Å²) in [5, 5.41) is 4.34. The lowest BCUT2D eigenvalue weighted by Gasteiger charge is -2.08. The lowest BCUT2D eigenvalue weighted by Crippen LogP contribution is -2.19. The maximum Gasteiger partial charge on any atom is 0.0672 e. The SMILES string of the molecule is Cc1nn(C)cc1-c1ccc(C2(N)CC2)nc1. The lowest BCUT2D eigenvalue weighted by atomic mass is 10.1. The van der Waals surface area contributed by atoms with Crippen LogP contribution in [0.3, 0.4) is 0 Å². The van der Waals surface area contributed by atoms with Crippen molar-refractivity contribution in [1.82, 2.24) is 14.8 Å². The van der Waals surface area contributed by atoms with Crippen LogP contribution in [0.5, 0.6) is 0 Å². The zero-order valence-electron chi connectivity index (χ0n) is 10.1. The highest BCUT2D eigenvalue weighted by atomic mass is 15.2. The number of nitrogens with two attached hydrogens (primary N) is 1. The number of aromatic nitrogens is 3. The van der Waals surface area contributed by atoms with E-state index in [2.05, 4.69) is 16.1 Å². The number of hydrogen-bond acceptors (Lipinski definition) is 3. The van der Waals surface area contributed by atoms with Gasteiger partial charge in [0.05, 0.1) is 16.9 Å². The number of nitrogens with zero attached hydrogens (tertiary/aromatic N) is 3. The molecule has 0 amide bonds. The molecule has 88 valence electrons. The van der Waals surface area contributed by atoms with Crippen LogP contribution in [0.25, 0.3) is 11.1 Å². The van der Waals surface area contributed by atoms with Crippen molar-refractivity contribution in [3.8, 4) is 11.1 Å². The van der Waals surface area contributed by atoms with E-state index < -0.39 is 0 Å². The highest BCUT2D eigenvalue weighted by Gasteiger charge is 2.41. The Morgan fingerprint density at radius 3 is 2.59 bits per heavy atom. The van der Waals surface area contributed by atoms with Crippen molar-refractivity contribution in [2.45, 2.75) is 25.3 Å². The maximum absolute atomic E-state index is 6.11. The van der Waals surface area contributed by atoms with Crippen molar-refractivity contribution >= 4 is 0 Å². The second-order valence-electron chi connectivity index (χ2n) is 4.89. The summed E-state index contributed by atoms with van der Waals surface area (Å²) in [5.74, 6) is 0. The predicted octanol–water partition coefficient (Wildman–Crippen LogP) is 1.74. The fraction of sp³-hybridized carbons (Fsp3) is 0.385. The second kappa shape index (κ2) is 3.40.